The second-order valence-electron chi connectivity index (χ2n) is 12.8. The number of esters is 1. The molecule has 1 amide bonds. The molecule has 1 aromatic carbocycles. The molecule has 5 fully saturated rings. The van der Waals surface area contributed by atoms with E-state index in [2.05, 4.69) is 5.32 Å². The molecule has 0 radical (unpaired) electrons. The zero-order valence-electron chi connectivity index (χ0n) is 23.3. The largest absolute Gasteiger partial charge is 0.449 e. The van der Waals surface area contributed by atoms with E-state index < -0.39 is 34.3 Å². The second-order valence-corrected chi connectivity index (χ2v) is 12.8. The molecule has 1 aliphatic heterocycles. The van der Waals surface area contributed by atoms with E-state index in [0.29, 0.717) is 37.8 Å². The first-order chi connectivity index (χ1) is 19.1. The quantitative estimate of drug-likeness (QED) is 0.454. The number of aliphatic imine (C=N–C) groups is 1. The highest BCUT2D eigenvalue weighted by atomic mass is 16.6. The Morgan fingerprint density at radius 1 is 1.05 bits per heavy atom. The standard InChI is InChI=1S/C30H38N2O8/c1-15(33)32-19-8-6-5-7-16(19)26(34)40-27-10-9-23(38-3)29-21(27)12-18(24(29)31-14-27)28(35)13-20(37-2)17-11-22(29)30(28,36)25(17)39-4/h5-8,14,17-18,20-25,35-36H,9-13H2,1-4H3,(H,32,33)/t17-,18+,20+,21-,22+,23+,24-,25+,27+,28+,29+,30+/m1/s1. The van der Waals surface area contributed by atoms with Crippen molar-refractivity contribution in [1.82, 2.24) is 0 Å². The van der Waals surface area contributed by atoms with Crippen molar-refractivity contribution in [3.8, 4) is 0 Å². The van der Waals surface area contributed by atoms with Gasteiger partial charge in [0.1, 0.15) is 11.2 Å². The first-order valence-electron chi connectivity index (χ1n) is 14.3. The van der Waals surface area contributed by atoms with Gasteiger partial charge in [-0.3, -0.25) is 9.79 Å². The second kappa shape index (κ2) is 8.58. The van der Waals surface area contributed by atoms with Gasteiger partial charge in [0.05, 0.1) is 35.6 Å². The van der Waals surface area contributed by atoms with Crippen LogP contribution in [0.2, 0.25) is 0 Å². The first-order valence-corrected chi connectivity index (χ1v) is 14.3. The molecular formula is C30H38N2O8. The molecule has 5 aliphatic carbocycles. The number of methoxy groups -OCH3 is 3. The van der Waals surface area contributed by atoms with Crippen molar-refractivity contribution in [3.05, 3.63) is 29.8 Å². The summed E-state index contributed by atoms with van der Waals surface area (Å²) in [5.74, 6) is -1.91. The lowest BCUT2D eigenvalue weighted by atomic mass is 9.45. The fourth-order valence-corrected chi connectivity index (χ4v) is 10.6. The van der Waals surface area contributed by atoms with E-state index in [0.717, 1.165) is 0 Å². The number of amides is 1. The number of anilines is 1. The highest BCUT2D eigenvalue weighted by molar-refractivity contribution is 6.01. The number of carbonyl (C=O) groups excluding carboxylic acids is 2. The molecule has 0 unspecified atom stereocenters. The number of rotatable bonds is 6. The molecular weight excluding hydrogens is 516 g/mol. The minimum Gasteiger partial charge on any atom is -0.449 e. The number of ether oxygens (including phenoxy) is 4. The maximum absolute atomic E-state index is 13.8. The van der Waals surface area contributed by atoms with Gasteiger partial charge in [-0.25, -0.2) is 4.79 Å². The van der Waals surface area contributed by atoms with E-state index in [-0.39, 0.29) is 53.4 Å². The smallest absolute Gasteiger partial charge is 0.341 e. The summed E-state index contributed by atoms with van der Waals surface area (Å²) in [6.07, 6.45) is 3.26. The van der Waals surface area contributed by atoms with Gasteiger partial charge in [0.25, 0.3) is 0 Å². The molecule has 1 heterocycles. The third-order valence-electron chi connectivity index (χ3n) is 11.7. The summed E-state index contributed by atoms with van der Waals surface area (Å²) < 4.78 is 24.5. The SMILES string of the molecule is CO[C@H]1C[C@]2(O)[C@H]3C[C@H]4[C@@]5([C@@H](OC)CC[C@]4(OC(=O)c4ccccc4NC(C)=O)C=N[C@H]35)[C@@H]3C[C@H]1[C@H](OC)[C@@]32O. The Kier molecular flexibility index (Phi) is 5.69. The monoisotopic (exact) mass is 554 g/mol. The number of hydrogen-bond donors (Lipinski definition) is 3. The van der Waals surface area contributed by atoms with E-state index >= 15 is 0 Å². The number of fused-ring (bicyclic) bond motifs is 2. The van der Waals surface area contributed by atoms with Crippen LogP contribution >= 0.6 is 0 Å². The fourth-order valence-electron chi connectivity index (χ4n) is 10.6. The first kappa shape index (κ1) is 26.5. The van der Waals surface area contributed by atoms with Crippen LogP contribution in [0.4, 0.5) is 5.69 Å². The van der Waals surface area contributed by atoms with E-state index in [1.54, 1.807) is 51.8 Å². The lowest BCUT2D eigenvalue weighted by Gasteiger charge is -2.66. The fraction of sp³-hybridized carbons (Fsp3) is 0.700. The molecule has 40 heavy (non-hydrogen) atoms. The molecule has 1 aromatic rings. The lowest BCUT2D eigenvalue weighted by molar-refractivity contribution is -0.314. The molecule has 3 N–H and O–H groups in total. The van der Waals surface area contributed by atoms with Gasteiger partial charge in [0, 0.05) is 70.0 Å². The zero-order valence-corrected chi connectivity index (χ0v) is 23.3. The van der Waals surface area contributed by atoms with E-state index in [1.165, 1.54) is 6.92 Å². The third kappa shape index (κ3) is 2.89. The maximum Gasteiger partial charge on any atom is 0.341 e. The van der Waals surface area contributed by atoms with Gasteiger partial charge in [-0.2, -0.15) is 0 Å². The van der Waals surface area contributed by atoms with Gasteiger partial charge in [0.15, 0.2) is 5.60 Å². The molecule has 10 heteroatoms. The molecule has 7 bridgehead atoms. The van der Waals surface area contributed by atoms with Crippen molar-refractivity contribution in [2.45, 2.75) is 80.2 Å². The van der Waals surface area contributed by atoms with Crippen molar-refractivity contribution in [3.63, 3.8) is 0 Å². The van der Waals surface area contributed by atoms with E-state index in [1.807, 2.05) is 0 Å². The molecule has 0 saturated heterocycles. The Morgan fingerprint density at radius 3 is 2.52 bits per heavy atom. The number of aliphatic hydroxyl groups is 2. The van der Waals surface area contributed by atoms with Gasteiger partial charge >= 0.3 is 5.97 Å². The Balaban J connectivity index is 1.35. The molecule has 7 rings (SSSR count). The van der Waals surface area contributed by atoms with Crippen molar-refractivity contribution >= 4 is 23.8 Å². The summed E-state index contributed by atoms with van der Waals surface area (Å²) in [5, 5.41) is 27.9. The predicted octanol–water partition coefficient (Wildman–Crippen LogP) is 1.97. The average molecular weight is 555 g/mol. The van der Waals surface area contributed by atoms with Crippen molar-refractivity contribution in [2.24, 2.45) is 34.1 Å². The van der Waals surface area contributed by atoms with Crippen LogP contribution in [0, 0.1) is 29.1 Å². The highest BCUT2D eigenvalue weighted by Gasteiger charge is 2.88. The summed E-state index contributed by atoms with van der Waals surface area (Å²) in [6, 6.07) is 6.51. The molecule has 12 atom stereocenters. The Labute approximate surface area is 233 Å². The van der Waals surface area contributed by atoms with Gasteiger partial charge in [-0.1, -0.05) is 12.1 Å². The van der Waals surface area contributed by atoms with Crippen LogP contribution in [0.3, 0.4) is 0 Å². The molecule has 216 valence electrons. The van der Waals surface area contributed by atoms with Gasteiger partial charge in [-0.05, 0) is 37.8 Å². The summed E-state index contributed by atoms with van der Waals surface area (Å²) in [6.45, 7) is 1.39. The molecule has 0 aromatic heterocycles. The van der Waals surface area contributed by atoms with E-state index in [4.69, 9.17) is 23.9 Å². The van der Waals surface area contributed by atoms with Gasteiger partial charge in [0.2, 0.25) is 5.91 Å². The number of para-hydroxylation sites is 1. The Bertz CT molecular complexity index is 1290. The van der Waals surface area contributed by atoms with Gasteiger partial charge in [-0.15, -0.1) is 0 Å². The van der Waals surface area contributed by atoms with Crippen molar-refractivity contribution in [2.75, 3.05) is 26.6 Å². The Hall–Kier alpha value is -2.37. The highest BCUT2D eigenvalue weighted by Crippen LogP contribution is 2.78. The zero-order chi connectivity index (χ0) is 28.2. The normalized spacial score (nSPS) is 49.0. The average Bonchev–Trinajstić information content (AvgIpc) is 3.33. The molecule has 5 saturated carbocycles. The minimum absolute atomic E-state index is 0.0929. The number of carbonyl (C=O) groups is 2. The number of nitrogens with one attached hydrogen (secondary N) is 1. The number of nitrogens with zero attached hydrogens (tertiary/aromatic N) is 1. The maximum atomic E-state index is 13.8. The number of benzene rings is 1. The molecule has 1 spiro atoms. The summed E-state index contributed by atoms with van der Waals surface area (Å²) in [5.41, 5.74) is -4.02. The lowest BCUT2D eigenvalue weighted by Crippen LogP contribution is -2.79. The van der Waals surface area contributed by atoms with Gasteiger partial charge < -0.3 is 34.5 Å². The van der Waals surface area contributed by atoms with Crippen LogP contribution < -0.4 is 5.32 Å². The third-order valence-corrected chi connectivity index (χ3v) is 11.7. The van der Waals surface area contributed by atoms with Crippen LogP contribution in [0.25, 0.3) is 0 Å². The Morgan fingerprint density at radius 2 is 1.82 bits per heavy atom. The predicted molar refractivity (Wildman–Crippen MR) is 143 cm³/mol. The van der Waals surface area contributed by atoms with Crippen LogP contribution in [0.1, 0.15) is 49.4 Å². The summed E-state index contributed by atoms with van der Waals surface area (Å²) in [7, 11) is 4.95. The van der Waals surface area contributed by atoms with Crippen LogP contribution in [0.15, 0.2) is 29.3 Å². The van der Waals surface area contributed by atoms with Crippen molar-refractivity contribution in [1.29, 1.82) is 0 Å². The summed E-state index contributed by atoms with van der Waals surface area (Å²) >= 11 is 0. The topological polar surface area (TPSA) is 136 Å². The summed E-state index contributed by atoms with van der Waals surface area (Å²) in [4.78, 5) is 30.7. The van der Waals surface area contributed by atoms with Crippen LogP contribution in [-0.4, -0.2) is 90.8 Å². The number of hydrogen-bond acceptors (Lipinski definition) is 9. The van der Waals surface area contributed by atoms with E-state index in [9.17, 15) is 19.8 Å². The molecule has 10 nitrogen and oxygen atoms in total. The van der Waals surface area contributed by atoms with Crippen LogP contribution in [-0.2, 0) is 23.7 Å². The molecule has 6 aliphatic rings. The minimum atomic E-state index is -1.51. The van der Waals surface area contributed by atoms with Crippen molar-refractivity contribution < 1.29 is 38.7 Å². The van der Waals surface area contributed by atoms with Crippen LogP contribution in [0.5, 0.6) is 0 Å².